The fourth-order valence-electron chi connectivity index (χ4n) is 3.14. The Morgan fingerprint density at radius 1 is 1.15 bits per heavy atom. The van der Waals surface area contributed by atoms with Crippen LogP contribution >= 0.6 is 0 Å². The largest absolute Gasteiger partial charge is 0.399 e. The molecule has 1 aromatic heterocycles. The summed E-state index contributed by atoms with van der Waals surface area (Å²) in [5.74, 6) is 2.16. The summed E-state index contributed by atoms with van der Waals surface area (Å²) in [5, 5.41) is 12.3. The van der Waals surface area contributed by atoms with Crippen molar-refractivity contribution in [1.82, 2.24) is 20.2 Å². The summed E-state index contributed by atoms with van der Waals surface area (Å²) in [4.78, 5) is 0. The van der Waals surface area contributed by atoms with E-state index in [1.165, 1.54) is 12.8 Å². The maximum absolute atomic E-state index is 5.74. The Balaban J connectivity index is 1.95. The maximum Gasteiger partial charge on any atom is 0.182 e. The minimum Gasteiger partial charge on any atom is -0.399 e. The molecule has 1 heterocycles. The lowest BCUT2D eigenvalue weighted by molar-refractivity contribution is 0.174. The van der Waals surface area contributed by atoms with Crippen LogP contribution in [0.2, 0.25) is 0 Å². The van der Waals surface area contributed by atoms with Crippen molar-refractivity contribution in [3.63, 3.8) is 0 Å². The van der Waals surface area contributed by atoms with Crippen LogP contribution in [0.5, 0.6) is 0 Å². The van der Waals surface area contributed by atoms with Crippen molar-refractivity contribution in [2.45, 2.75) is 39.2 Å². The molecule has 1 aromatic carbocycles. The van der Waals surface area contributed by atoms with Gasteiger partial charge in [0.15, 0.2) is 5.82 Å². The van der Waals surface area contributed by atoms with Gasteiger partial charge in [-0.05, 0) is 52.9 Å². The molecule has 1 saturated carbocycles. The monoisotopic (exact) mass is 271 g/mol. The predicted octanol–water partition coefficient (Wildman–Crippen LogP) is 2.92. The van der Waals surface area contributed by atoms with Crippen LogP contribution in [0, 0.1) is 11.8 Å². The molecule has 0 amide bonds. The second-order valence-corrected chi connectivity index (χ2v) is 5.90. The smallest absolute Gasteiger partial charge is 0.182 e. The second kappa shape index (κ2) is 5.23. The molecular formula is C15H21N5. The van der Waals surface area contributed by atoms with E-state index in [1.54, 1.807) is 0 Å². The summed E-state index contributed by atoms with van der Waals surface area (Å²) in [6.07, 6.45) is 3.70. The number of hydrogen-bond donors (Lipinski definition) is 1. The SMILES string of the molecule is CC1CCCC(n2nnnc2-c2ccc(N)cc2)C1C. The number of anilines is 1. The molecule has 5 nitrogen and oxygen atoms in total. The summed E-state index contributed by atoms with van der Waals surface area (Å²) in [6, 6.07) is 8.13. The number of hydrogen-bond acceptors (Lipinski definition) is 4. The standard InChI is InChI=1S/C15H21N5/c1-10-4-3-5-14(11(10)2)20-15(17-18-19-20)12-6-8-13(16)9-7-12/h6-11,14H,3-5,16H2,1-2H3. The summed E-state index contributed by atoms with van der Waals surface area (Å²) in [6.45, 7) is 4.63. The molecule has 2 N–H and O–H groups in total. The van der Waals surface area contributed by atoms with Crippen molar-refractivity contribution < 1.29 is 0 Å². The first-order chi connectivity index (χ1) is 9.66. The zero-order valence-corrected chi connectivity index (χ0v) is 12.0. The van der Waals surface area contributed by atoms with Crippen LogP contribution in [0.25, 0.3) is 11.4 Å². The van der Waals surface area contributed by atoms with E-state index >= 15 is 0 Å². The zero-order valence-electron chi connectivity index (χ0n) is 12.0. The number of tetrazole rings is 1. The van der Waals surface area contributed by atoms with Crippen LogP contribution in [0.15, 0.2) is 24.3 Å². The van der Waals surface area contributed by atoms with Crippen LogP contribution in [0.3, 0.4) is 0 Å². The van der Waals surface area contributed by atoms with Gasteiger partial charge < -0.3 is 5.73 Å². The van der Waals surface area contributed by atoms with E-state index in [9.17, 15) is 0 Å². The lowest BCUT2D eigenvalue weighted by atomic mass is 9.78. The summed E-state index contributed by atoms with van der Waals surface area (Å²) < 4.78 is 2.01. The normalized spacial score (nSPS) is 26.6. The molecular weight excluding hydrogens is 250 g/mol. The van der Waals surface area contributed by atoms with Crippen molar-refractivity contribution in [2.24, 2.45) is 11.8 Å². The Morgan fingerprint density at radius 2 is 1.90 bits per heavy atom. The second-order valence-electron chi connectivity index (χ2n) is 5.90. The highest BCUT2D eigenvalue weighted by molar-refractivity contribution is 5.58. The third-order valence-corrected chi connectivity index (χ3v) is 4.64. The first-order valence-corrected chi connectivity index (χ1v) is 7.30. The maximum atomic E-state index is 5.74. The van der Waals surface area contributed by atoms with Gasteiger partial charge in [0, 0.05) is 11.3 Å². The number of nitrogens with two attached hydrogens (primary N) is 1. The number of rotatable bonds is 2. The van der Waals surface area contributed by atoms with E-state index in [4.69, 9.17) is 5.73 Å². The fourth-order valence-corrected chi connectivity index (χ4v) is 3.14. The van der Waals surface area contributed by atoms with Crippen LogP contribution in [-0.2, 0) is 0 Å². The topological polar surface area (TPSA) is 69.6 Å². The third-order valence-electron chi connectivity index (χ3n) is 4.64. The lowest BCUT2D eigenvalue weighted by Gasteiger charge is -2.34. The number of nitrogen functional groups attached to an aromatic ring is 1. The van der Waals surface area contributed by atoms with E-state index in [0.29, 0.717) is 12.0 Å². The average Bonchev–Trinajstić information content (AvgIpc) is 2.92. The van der Waals surface area contributed by atoms with E-state index < -0.39 is 0 Å². The number of nitrogens with zero attached hydrogens (tertiary/aromatic N) is 4. The summed E-state index contributed by atoms with van der Waals surface area (Å²) in [5.41, 5.74) is 7.52. The molecule has 0 spiro atoms. The molecule has 1 aliphatic carbocycles. The van der Waals surface area contributed by atoms with Gasteiger partial charge in [-0.3, -0.25) is 0 Å². The fraction of sp³-hybridized carbons (Fsp3) is 0.533. The quantitative estimate of drug-likeness (QED) is 0.853. The van der Waals surface area contributed by atoms with Gasteiger partial charge in [-0.15, -0.1) is 5.10 Å². The van der Waals surface area contributed by atoms with Gasteiger partial charge in [0.25, 0.3) is 0 Å². The van der Waals surface area contributed by atoms with Gasteiger partial charge in [-0.25, -0.2) is 4.68 Å². The highest BCUT2D eigenvalue weighted by Gasteiger charge is 2.31. The Kier molecular flexibility index (Phi) is 3.42. The van der Waals surface area contributed by atoms with Crippen molar-refractivity contribution in [2.75, 3.05) is 5.73 Å². The van der Waals surface area contributed by atoms with Crippen LogP contribution in [0.4, 0.5) is 5.69 Å². The molecule has 5 heteroatoms. The molecule has 0 saturated heterocycles. The zero-order chi connectivity index (χ0) is 14.1. The molecule has 3 rings (SSSR count). The molecule has 0 radical (unpaired) electrons. The van der Waals surface area contributed by atoms with Gasteiger partial charge in [0.1, 0.15) is 0 Å². The van der Waals surface area contributed by atoms with E-state index in [-0.39, 0.29) is 0 Å². The first-order valence-electron chi connectivity index (χ1n) is 7.30. The highest BCUT2D eigenvalue weighted by atomic mass is 15.5. The molecule has 3 unspecified atom stereocenters. The van der Waals surface area contributed by atoms with Gasteiger partial charge in [0.2, 0.25) is 0 Å². The Labute approximate surface area is 119 Å². The van der Waals surface area contributed by atoms with E-state index in [0.717, 1.165) is 29.4 Å². The molecule has 0 bridgehead atoms. The molecule has 1 fully saturated rings. The lowest BCUT2D eigenvalue weighted by Crippen LogP contribution is -2.28. The average molecular weight is 271 g/mol. The Morgan fingerprint density at radius 3 is 2.65 bits per heavy atom. The molecule has 20 heavy (non-hydrogen) atoms. The van der Waals surface area contributed by atoms with Crippen molar-refractivity contribution in [3.8, 4) is 11.4 Å². The first kappa shape index (κ1) is 13.1. The Hall–Kier alpha value is -1.91. The minimum atomic E-state index is 0.390. The predicted molar refractivity (Wildman–Crippen MR) is 78.9 cm³/mol. The van der Waals surface area contributed by atoms with Crippen molar-refractivity contribution in [3.05, 3.63) is 24.3 Å². The van der Waals surface area contributed by atoms with Gasteiger partial charge in [-0.2, -0.15) is 0 Å². The van der Waals surface area contributed by atoms with E-state index in [2.05, 4.69) is 29.4 Å². The summed E-state index contributed by atoms with van der Waals surface area (Å²) >= 11 is 0. The van der Waals surface area contributed by atoms with Gasteiger partial charge >= 0.3 is 0 Å². The third kappa shape index (κ3) is 2.28. The van der Waals surface area contributed by atoms with Crippen LogP contribution in [-0.4, -0.2) is 20.2 Å². The van der Waals surface area contributed by atoms with E-state index in [1.807, 2.05) is 28.9 Å². The number of benzene rings is 1. The molecule has 2 aromatic rings. The highest BCUT2D eigenvalue weighted by Crippen LogP contribution is 2.38. The number of aromatic nitrogens is 4. The molecule has 106 valence electrons. The van der Waals surface area contributed by atoms with Crippen LogP contribution < -0.4 is 5.73 Å². The molecule has 0 aliphatic heterocycles. The van der Waals surface area contributed by atoms with Gasteiger partial charge in [-0.1, -0.05) is 26.7 Å². The summed E-state index contributed by atoms with van der Waals surface area (Å²) in [7, 11) is 0. The molecule has 3 atom stereocenters. The minimum absolute atomic E-state index is 0.390. The van der Waals surface area contributed by atoms with Crippen molar-refractivity contribution in [1.29, 1.82) is 0 Å². The van der Waals surface area contributed by atoms with Gasteiger partial charge in [0.05, 0.1) is 6.04 Å². The van der Waals surface area contributed by atoms with Crippen molar-refractivity contribution >= 4 is 5.69 Å². The van der Waals surface area contributed by atoms with Crippen LogP contribution in [0.1, 0.15) is 39.2 Å². The Bertz CT molecular complexity index is 574. The molecule has 1 aliphatic rings.